The van der Waals surface area contributed by atoms with Gasteiger partial charge in [0.25, 0.3) is 0 Å². The molecule has 0 radical (unpaired) electrons. The second kappa shape index (κ2) is 7.72. The first-order valence-electron chi connectivity index (χ1n) is 9.56. The van der Waals surface area contributed by atoms with Crippen LogP contribution in [0.25, 0.3) is 0 Å². The highest BCUT2D eigenvalue weighted by Crippen LogP contribution is 2.43. The molecule has 6 heteroatoms. The van der Waals surface area contributed by atoms with Gasteiger partial charge in [0.15, 0.2) is 0 Å². The lowest BCUT2D eigenvalue weighted by atomic mass is 9.75. The molecule has 0 spiro atoms. The highest BCUT2D eigenvalue weighted by atomic mass is 32.2. The molecule has 2 aliphatic rings. The SMILES string of the molecule is O=S(=O)(NC[C@H]1[C@H](c2ccccc2)[C@H](CO)N1CC1CC1)c1ccccc1. The minimum absolute atomic E-state index is 0.0548. The van der Waals surface area contributed by atoms with Gasteiger partial charge in [-0.25, -0.2) is 13.1 Å². The maximum Gasteiger partial charge on any atom is 0.240 e. The first kappa shape index (κ1) is 18.6. The minimum atomic E-state index is -3.54. The molecular weight excluding hydrogens is 360 g/mol. The highest BCUT2D eigenvalue weighted by molar-refractivity contribution is 7.89. The predicted octanol–water partition coefficient (Wildman–Crippen LogP) is 2.20. The number of nitrogens with zero attached hydrogens (tertiary/aromatic N) is 1. The molecule has 1 heterocycles. The molecule has 2 N–H and O–H groups in total. The fraction of sp³-hybridized carbons (Fsp3) is 0.429. The molecule has 1 saturated heterocycles. The van der Waals surface area contributed by atoms with Gasteiger partial charge in [0.05, 0.1) is 11.5 Å². The summed E-state index contributed by atoms with van der Waals surface area (Å²) in [6, 6.07) is 18.7. The van der Waals surface area contributed by atoms with E-state index in [-0.39, 0.29) is 29.5 Å². The van der Waals surface area contributed by atoms with E-state index >= 15 is 0 Å². The summed E-state index contributed by atoms with van der Waals surface area (Å²) in [6.07, 6.45) is 2.46. The number of aliphatic hydroxyl groups is 1. The Hall–Kier alpha value is -1.73. The molecule has 2 aromatic rings. The zero-order valence-corrected chi connectivity index (χ0v) is 16.1. The van der Waals surface area contributed by atoms with Gasteiger partial charge >= 0.3 is 0 Å². The van der Waals surface area contributed by atoms with Crippen molar-refractivity contribution in [1.29, 1.82) is 0 Å². The molecule has 1 aliphatic carbocycles. The smallest absolute Gasteiger partial charge is 0.240 e. The van der Waals surface area contributed by atoms with E-state index < -0.39 is 10.0 Å². The Labute approximate surface area is 161 Å². The van der Waals surface area contributed by atoms with Crippen molar-refractivity contribution in [3.05, 3.63) is 66.2 Å². The lowest BCUT2D eigenvalue weighted by Crippen LogP contribution is -2.67. The highest BCUT2D eigenvalue weighted by Gasteiger charge is 2.49. The van der Waals surface area contributed by atoms with Crippen LogP contribution in [0.5, 0.6) is 0 Å². The standard InChI is InChI=1S/C21H26N2O3S/c24-15-20-21(17-7-3-1-4-8-17)19(23(20)14-16-11-12-16)13-22-27(25,26)18-9-5-2-6-10-18/h1-10,16,19-22,24H,11-15H2/t19-,20-,21-/m0/s1. The quantitative estimate of drug-likeness (QED) is 0.730. The van der Waals surface area contributed by atoms with Crippen molar-refractivity contribution in [3.8, 4) is 0 Å². The maximum atomic E-state index is 12.6. The average Bonchev–Trinajstić information content (AvgIpc) is 3.51. The normalized spacial score (nSPS) is 25.9. The van der Waals surface area contributed by atoms with Gasteiger partial charge in [0, 0.05) is 31.1 Å². The van der Waals surface area contributed by atoms with Gasteiger partial charge in [-0.2, -0.15) is 0 Å². The van der Waals surface area contributed by atoms with Gasteiger partial charge in [-0.15, -0.1) is 0 Å². The van der Waals surface area contributed by atoms with E-state index in [2.05, 4.69) is 21.8 Å². The molecule has 1 aliphatic heterocycles. The zero-order valence-electron chi connectivity index (χ0n) is 15.2. The lowest BCUT2D eigenvalue weighted by molar-refractivity contribution is -0.0432. The van der Waals surface area contributed by atoms with Crippen LogP contribution in [-0.4, -0.2) is 50.2 Å². The van der Waals surface area contributed by atoms with E-state index in [0.717, 1.165) is 12.1 Å². The summed E-state index contributed by atoms with van der Waals surface area (Å²) in [5, 5.41) is 9.97. The van der Waals surface area contributed by atoms with Crippen molar-refractivity contribution in [3.63, 3.8) is 0 Å². The van der Waals surface area contributed by atoms with Gasteiger partial charge in [0.2, 0.25) is 10.0 Å². The summed E-state index contributed by atoms with van der Waals surface area (Å²) in [4.78, 5) is 2.58. The molecule has 0 bridgehead atoms. The van der Waals surface area contributed by atoms with E-state index in [0.29, 0.717) is 12.5 Å². The average molecular weight is 387 g/mol. The molecule has 0 unspecified atom stereocenters. The lowest BCUT2D eigenvalue weighted by Gasteiger charge is -2.55. The van der Waals surface area contributed by atoms with Crippen LogP contribution >= 0.6 is 0 Å². The number of likely N-dealkylation sites (tertiary alicyclic amines) is 1. The van der Waals surface area contributed by atoms with Crippen LogP contribution in [0.1, 0.15) is 24.3 Å². The Bertz CT molecular complexity index is 854. The molecule has 27 heavy (non-hydrogen) atoms. The molecule has 0 amide bonds. The van der Waals surface area contributed by atoms with Gasteiger partial charge in [-0.05, 0) is 36.5 Å². The van der Waals surface area contributed by atoms with E-state index in [4.69, 9.17) is 0 Å². The van der Waals surface area contributed by atoms with Crippen molar-refractivity contribution >= 4 is 10.0 Å². The number of benzene rings is 2. The minimum Gasteiger partial charge on any atom is -0.395 e. The van der Waals surface area contributed by atoms with Crippen LogP contribution in [-0.2, 0) is 10.0 Å². The van der Waals surface area contributed by atoms with E-state index in [1.54, 1.807) is 30.3 Å². The van der Waals surface area contributed by atoms with Crippen LogP contribution in [0, 0.1) is 5.92 Å². The fourth-order valence-electron chi connectivity index (χ4n) is 4.14. The molecule has 2 fully saturated rings. The van der Waals surface area contributed by atoms with Crippen LogP contribution < -0.4 is 4.72 Å². The van der Waals surface area contributed by atoms with Crippen LogP contribution in [0.2, 0.25) is 0 Å². The largest absolute Gasteiger partial charge is 0.395 e. The summed E-state index contributed by atoms with van der Waals surface area (Å²) < 4.78 is 28.1. The summed E-state index contributed by atoms with van der Waals surface area (Å²) >= 11 is 0. The molecule has 144 valence electrons. The van der Waals surface area contributed by atoms with Crippen LogP contribution in [0.15, 0.2) is 65.6 Å². The van der Waals surface area contributed by atoms with Crippen LogP contribution in [0.4, 0.5) is 0 Å². The number of hydrogen-bond donors (Lipinski definition) is 2. The summed E-state index contributed by atoms with van der Waals surface area (Å²) in [6.45, 7) is 1.38. The van der Waals surface area contributed by atoms with E-state index in [9.17, 15) is 13.5 Å². The first-order chi connectivity index (χ1) is 13.1. The Morgan fingerprint density at radius 2 is 1.59 bits per heavy atom. The Morgan fingerprint density at radius 1 is 0.963 bits per heavy atom. The molecule has 1 saturated carbocycles. The zero-order chi connectivity index (χ0) is 18.9. The third-order valence-electron chi connectivity index (χ3n) is 5.75. The van der Waals surface area contributed by atoms with Crippen molar-refractivity contribution in [1.82, 2.24) is 9.62 Å². The van der Waals surface area contributed by atoms with Gasteiger partial charge in [-0.1, -0.05) is 48.5 Å². The molecule has 4 rings (SSSR count). The van der Waals surface area contributed by atoms with Crippen molar-refractivity contribution in [2.75, 3.05) is 19.7 Å². The second-order valence-electron chi connectivity index (χ2n) is 7.56. The van der Waals surface area contributed by atoms with Crippen molar-refractivity contribution < 1.29 is 13.5 Å². The Balaban J connectivity index is 1.53. The third kappa shape index (κ3) is 3.94. The molecule has 5 nitrogen and oxygen atoms in total. The second-order valence-corrected chi connectivity index (χ2v) is 9.33. The van der Waals surface area contributed by atoms with Crippen molar-refractivity contribution in [2.24, 2.45) is 5.92 Å². The number of hydrogen-bond acceptors (Lipinski definition) is 4. The van der Waals surface area contributed by atoms with Gasteiger partial charge in [0.1, 0.15) is 0 Å². The number of rotatable bonds is 8. The first-order valence-corrected chi connectivity index (χ1v) is 11.0. The fourth-order valence-corrected chi connectivity index (χ4v) is 5.22. The number of nitrogens with one attached hydrogen (secondary N) is 1. The predicted molar refractivity (Wildman–Crippen MR) is 105 cm³/mol. The van der Waals surface area contributed by atoms with E-state index in [1.165, 1.54) is 12.8 Å². The topological polar surface area (TPSA) is 69.6 Å². The molecular formula is C21H26N2O3S. The molecule has 3 atom stereocenters. The monoisotopic (exact) mass is 386 g/mol. The van der Waals surface area contributed by atoms with Gasteiger partial charge in [-0.3, -0.25) is 4.90 Å². The number of aliphatic hydroxyl groups excluding tert-OH is 1. The van der Waals surface area contributed by atoms with Crippen molar-refractivity contribution in [2.45, 2.75) is 35.7 Å². The molecule has 2 aromatic carbocycles. The van der Waals surface area contributed by atoms with Crippen LogP contribution in [0.3, 0.4) is 0 Å². The Morgan fingerprint density at radius 3 is 2.19 bits per heavy atom. The summed E-state index contributed by atoms with van der Waals surface area (Å²) in [5.41, 5.74) is 1.16. The van der Waals surface area contributed by atoms with Gasteiger partial charge < -0.3 is 5.11 Å². The molecule has 0 aromatic heterocycles. The third-order valence-corrected chi connectivity index (χ3v) is 7.19. The summed E-state index contributed by atoms with van der Waals surface area (Å²) in [5.74, 6) is 0.817. The van der Waals surface area contributed by atoms with E-state index in [1.807, 2.05) is 18.2 Å². The number of sulfonamides is 1. The Kier molecular flexibility index (Phi) is 5.32. The summed E-state index contributed by atoms with van der Waals surface area (Å²) in [7, 11) is -3.54. The maximum absolute atomic E-state index is 12.6.